The van der Waals surface area contributed by atoms with Gasteiger partial charge < -0.3 is 5.32 Å². The number of aryl methyl sites for hydroxylation is 2. The van der Waals surface area contributed by atoms with Gasteiger partial charge in [-0.25, -0.2) is 4.98 Å². The molecule has 0 radical (unpaired) electrons. The van der Waals surface area contributed by atoms with Crippen LogP contribution in [0.25, 0.3) is 0 Å². The summed E-state index contributed by atoms with van der Waals surface area (Å²) in [5.74, 6) is 0. The van der Waals surface area contributed by atoms with Crippen LogP contribution in [0.1, 0.15) is 56.1 Å². The number of hydrogen-bond acceptors (Lipinski definition) is 3. The van der Waals surface area contributed by atoms with Gasteiger partial charge in [-0.05, 0) is 38.6 Å². The van der Waals surface area contributed by atoms with Gasteiger partial charge in [0.15, 0.2) is 0 Å². The van der Waals surface area contributed by atoms with E-state index in [1.807, 2.05) is 11.3 Å². The summed E-state index contributed by atoms with van der Waals surface area (Å²) >= 11 is 1.85. The largest absolute Gasteiger partial charge is 0.314 e. The number of hydrogen-bond donors (Lipinski definition) is 1. The van der Waals surface area contributed by atoms with E-state index in [9.17, 15) is 0 Å². The first-order valence-electron chi connectivity index (χ1n) is 6.98. The van der Waals surface area contributed by atoms with Crippen LogP contribution in [0.4, 0.5) is 0 Å². The maximum Gasteiger partial charge on any atom is 0.0946 e. The van der Waals surface area contributed by atoms with Crippen LogP contribution in [0.2, 0.25) is 0 Å². The van der Waals surface area contributed by atoms with E-state index in [2.05, 4.69) is 51.8 Å². The summed E-state index contributed by atoms with van der Waals surface area (Å²) in [5.41, 5.74) is 1.56. The zero-order valence-electron chi connectivity index (χ0n) is 12.8. The minimum Gasteiger partial charge on any atom is -0.314 e. The van der Waals surface area contributed by atoms with Crippen molar-refractivity contribution in [2.75, 3.05) is 6.54 Å². The third-order valence-electron chi connectivity index (χ3n) is 3.04. The monoisotopic (exact) mass is 268 g/mol. The first-order chi connectivity index (χ1) is 8.31. The number of thiazole rings is 1. The molecule has 0 bridgehead atoms. The third-order valence-corrected chi connectivity index (χ3v) is 4.13. The molecule has 104 valence electrons. The van der Waals surface area contributed by atoms with Crippen molar-refractivity contribution in [3.05, 3.63) is 15.6 Å². The Kier molecular flexibility index (Phi) is 5.80. The molecule has 1 aromatic rings. The zero-order chi connectivity index (χ0) is 13.8. The maximum atomic E-state index is 4.67. The molecule has 1 rings (SSSR count). The number of nitrogens with one attached hydrogen (secondary N) is 1. The molecule has 3 heteroatoms. The molecule has 0 aliphatic carbocycles. The molecule has 1 atom stereocenters. The Labute approximate surface area is 116 Å². The smallest absolute Gasteiger partial charge is 0.0946 e. The standard InChI is InChI=1S/C15H28N2S/c1-7-8-16-13(10-15(4,5)6)9-14-17-11(2)12(3)18-14/h13,16H,7-10H2,1-6H3. The molecule has 1 N–H and O–H groups in total. The Hall–Kier alpha value is -0.410. The molecule has 0 aliphatic heterocycles. The van der Waals surface area contributed by atoms with E-state index >= 15 is 0 Å². The molecule has 0 fully saturated rings. The van der Waals surface area contributed by atoms with Gasteiger partial charge in [-0.15, -0.1) is 11.3 Å². The second-order valence-electron chi connectivity index (χ2n) is 6.37. The Morgan fingerprint density at radius 2 is 1.94 bits per heavy atom. The third kappa shape index (κ3) is 5.49. The summed E-state index contributed by atoms with van der Waals surface area (Å²) in [5, 5.41) is 4.95. The maximum absolute atomic E-state index is 4.67. The highest BCUT2D eigenvalue weighted by Gasteiger charge is 2.20. The van der Waals surface area contributed by atoms with Crippen molar-refractivity contribution in [3.8, 4) is 0 Å². The lowest BCUT2D eigenvalue weighted by Gasteiger charge is -2.26. The van der Waals surface area contributed by atoms with Gasteiger partial charge >= 0.3 is 0 Å². The molecule has 0 amide bonds. The van der Waals surface area contributed by atoms with E-state index in [4.69, 9.17) is 0 Å². The highest BCUT2D eigenvalue weighted by atomic mass is 32.1. The Balaban J connectivity index is 2.65. The van der Waals surface area contributed by atoms with E-state index in [0.29, 0.717) is 11.5 Å². The first-order valence-corrected chi connectivity index (χ1v) is 7.79. The average molecular weight is 268 g/mol. The molecule has 1 unspecified atom stereocenters. The minimum absolute atomic E-state index is 0.368. The fraction of sp³-hybridized carbons (Fsp3) is 0.800. The minimum atomic E-state index is 0.368. The van der Waals surface area contributed by atoms with Crippen molar-refractivity contribution in [2.24, 2.45) is 5.41 Å². The fourth-order valence-electron chi connectivity index (χ4n) is 2.14. The highest BCUT2D eigenvalue weighted by Crippen LogP contribution is 2.24. The molecule has 2 nitrogen and oxygen atoms in total. The van der Waals surface area contributed by atoms with E-state index < -0.39 is 0 Å². The molecule has 1 heterocycles. The van der Waals surface area contributed by atoms with Crippen LogP contribution in [0, 0.1) is 19.3 Å². The molecular weight excluding hydrogens is 240 g/mol. The molecule has 0 saturated carbocycles. The average Bonchev–Trinajstić information content (AvgIpc) is 2.52. The second kappa shape index (κ2) is 6.67. The topological polar surface area (TPSA) is 24.9 Å². The van der Waals surface area contributed by atoms with E-state index in [1.165, 1.54) is 28.4 Å². The molecule has 0 aliphatic rings. The molecule has 0 spiro atoms. The normalized spacial score (nSPS) is 13.9. The first kappa shape index (κ1) is 15.6. The predicted molar refractivity (Wildman–Crippen MR) is 81.4 cm³/mol. The van der Waals surface area contributed by atoms with Gasteiger partial charge in [0.25, 0.3) is 0 Å². The van der Waals surface area contributed by atoms with Crippen LogP contribution in [-0.2, 0) is 6.42 Å². The summed E-state index contributed by atoms with van der Waals surface area (Å²) in [6.45, 7) is 14.5. The van der Waals surface area contributed by atoms with Crippen LogP contribution in [0.15, 0.2) is 0 Å². The van der Waals surface area contributed by atoms with E-state index in [0.717, 1.165) is 13.0 Å². The van der Waals surface area contributed by atoms with Gasteiger partial charge in [-0.1, -0.05) is 27.7 Å². The summed E-state index contributed by atoms with van der Waals surface area (Å²) < 4.78 is 0. The van der Waals surface area contributed by atoms with Crippen molar-refractivity contribution in [1.29, 1.82) is 0 Å². The molecule has 0 saturated heterocycles. The summed E-state index contributed by atoms with van der Waals surface area (Å²) in [6, 6.07) is 0.551. The van der Waals surface area contributed by atoms with Crippen LogP contribution in [-0.4, -0.2) is 17.6 Å². The quantitative estimate of drug-likeness (QED) is 0.840. The van der Waals surface area contributed by atoms with E-state index in [1.54, 1.807) is 0 Å². The predicted octanol–water partition coefficient (Wildman–Crippen LogP) is 4.11. The van der Waals surface area contributed by atoms with Crippen molar-refractivity contribution >= 4 is 11.3 Å². The summed E-state index contributed by atoms with van der Waals surface area (Å²) in [6.07, 6.45) is 3.46. The van der Waals surface area contributed by atoms with Gasteiger partial charge in [-0.3, -0.25) is 0 Å². The summed E-state index contributed by atoms with van der Waals surface area (Å²) in [4.78, 5) is 6.02. The number of nitrogens with zero attached hydrogens (tertiary/aromatic N) is 1. The lowest BCUT2D eigenvalue weighted by molar-refractivity contribution is 0.306. The van der Waals surface area contributed by atoms with E-state index in [-0.39, 0.29) is 0 Å². The SMILES string of the molecule is CCCNC(Cc1nc(C)c(C)s1)CC(C)(C)C. The highest BCUT2D eigenvalue weighted by molar-refractivity contribution is 7.11. The van der Waals surface area contributed by atoms with Gasteiger partial charge in [-0.2, -0.15) is 0 Å². The van der Waals surface area contributed by atoms with Crippen LogP contribution in [0.5, 0.6) is 0 Å². The van der Waals surface area contributed by atoms with Crippen LogP contribution >= 0.6 is 11.3 Å². The molecule has 1 aromatic heterocycles. The summed E-state index contributed by atoms with van der Waals surface area (Å²) in [7, 11) is 0. The number of aromatic nitrogens is 1. The number of rotatable bonds is 6. The lowest BCUT2D eigenvalue weighted by atomic mass is 9.87. The Morgan fingerprint density at radius 3 is 2.39 bits per heavy atom. The second-order valence-corrected chi connectivity index (χ2v) is 7.66. The zero-order valence-corrected chi connectivity index (χ0v) is 13.6. The van der Waals surface area contributed by atoms with Gasteiger partial charge in [0, 0.05) is 17.3 Å². The van der Waals surface area contributed by atoms with Crippen LogP contribution < -0.4 is 5.32 Å². The van der Waals surface area contributed by atoms with Gasteiger partial charge in [0.1, 0.15) is 0 Å². The van der Waals surface area contributed by atoms with Gasteiger partial charge in [0.2, 0.25) is 0 Å². The van der Waals surface area contributed by atoms with Crippen LogP contribution in [0.3, 0.4) is 0 Å². The molecule has 18 heavy (non-hydrogen) atoms. The Bertz CT molecular complexity index is 344. The lowest BCUT2D eigenvalue weighted by Crippen LogP contribution is -2.35. The van der Waals surface area contributed by atoms with Crippen molar-refractivity contribution < 1.29 is 0 Å². The Morgan fingerprint density at radius 1 is 1.28 bits per heavy atom. The van der Waals surface area contributed by atoms with Crippen molar-refractivity contribution in [3.63, 3.8) is 0 Å². The van der Waals surface area contributed by atoms with Crippen molar-refractivity contribution in [1.82, 2.24) is 10.3 Å². The molecular formula is C15H28N2S. The van der Waals surface area contributed by atoms with Crippen molar-refractivity contribution in [2.45, 2.75) is 66.8 Å². The fourth-order valence-corrected chi connectivity index (χ4v) is 3.16. The molecule has 0 aromatic carbocycles. The van der Waals surface area contributed by atoms with Gasteiger partial charge in [0.05, 0.1) is 10.7 Å².